The molecule has 0 unspecified atom stereocenters. The van der Waals surface area contributed by atoms with Crippen LogP contribution in [-0.4, -0.2) is 60.4 Å². The molecule has 188 valence electrons. The lowest BCUT2D eigenvalue weighted by molar-refractivity contribution is -0.223. The molecule has 2 aliphatic heterocycles. The van der Waals surface area contributed by atoms with Gasteiger partial charge in [-0.2, -0.15) is 0 Å². The van der Waals surface area contributed by atoms with Gasteiger partial charge in [0, 0.05) is 25.8 Å². The van der Waals surface area contributed by atoms with Gasteiger partial charge in [0.1, 0.15) is 18.3 Å². The summed E-state index contributed by atoms with van der Waals surface area (Å²) in [7, 11) is 1.55. The van der Waals surface area contributed by atoms with Crippen LogP contribution in [0.1, 0.15) is 31.4 Å². The molecular formula is C26H33N3O6. The van der Waals surface area contributed by atoms with E-state index >= 15 is 0 Å². The molecule has 2 aliphatic rings. The summed E-state index contributed by atoms with van der Waals surface area (Å²) in [5.74, 6) is -1.39. The second-order valence-corrected chi connectivity index (χ2v) is 9.42. The highest BCUT2D eigenvalue weighted by Crippen LogP contribution is 2.41. The zero-order valence-electron chi connectivity index (χ0n) is 20.5. The van der Waals surface area contributed by atoms with E-state index in [1.807, 2.05) is 61.5 Å². The molecule has 0 spiro atoms. The Morgan fingerprint density at radius 1 is 1.11 bits per heavy atom. The molecule has 9 heteroatoms. The monoisotopic (exact) mass is 483 g/mol. The smallest absolute Gasteiger partial charge is 0.322 e. The molecule has 0 aliphatic carbocycles. The molecular weight excluding hydrogens is 450 g/mol. The van der Waals surface area contributed by atoms with Crippen molar-refractivity contribution in [1.82, 2.24) is 4.90 Å². The van der Waals surface area contributed by atoms with Crippen LogP contribution in [0.25, 0.3) is 0 Å². The summed E-state index contributed by atoms with van der Waals surface area (Å²) in [6.07, 6.45) is -2.59. The van der Waals surface area contributed by atoms with Gasteiger partial charge < -0.3 is 34.9 Å². The number of carbonyl (C=O) groups is 2. The molecule has 2 saturated heterocycles. The van der Waals surface area contributed by atoms with Crippen LogP contribution in [0.5, 0.6) is 0 Å². The summed E-state index contributed by atoms with van der Waals surface area (Å²) in [6, 6.07) is 15.9. The van der Waals surface area contributed by atoms with E-state index < -0.39 is 42.3 Å². The number of amides is 3. The Labute approximate surface area is 205 Å². The quantitative estimate of drug-likeness (QED) is 0.597. The summed E-state index contributed by atoms with van der Waals surface area (Å²) in [4.78, 5) is 27.4. The Bertz CT molecular complexity index is 1030. The lowest BCUT2D eigenvalue weighted by Crippen LogP contribution is -2.54. The molecule has 5 atom stereocenters. The molecule has 0 saturated carbocycles. The number of aryl methyl sites for hydroxylation is 1. The van der Waals surface area contributed by atoms with Gasteiger partial charge in [-0.15, -0.1) is 0 Å². The number of primary amides is 1. The number of benzene rings is 2. The molecule has 9 nitrogen and oxygen atoms in total. The van der Waals surface area contributed by atoms with Crippen LogP contribution in [0.2, 0.25) is 0 Å². The van der Waals surface area contributed by atoms with Crippen molar-refractivity contribution in [3.05, 3.63) is 65.7 Å². The fourth-order valence-electron chi connectivity index (χ4n) is 4.64. The molecule has 2 aromatic carbocycles. The number of nitrogens with two attached hydrogens (primary N) is 1. The molecule has 4 rings (SSSR count). The third-order valence-corrected chi connectivity index (χ3v) is 6.25. The van der Waals surface area contributed by atoms with E-state index in [1.165, 1.54) is 0 Å². The number of urea groups is 1. The van der Waals surface area contributed by atoms with Gasteiger partial charge in [0.25, 0.3) is 0 Å². The summed E-state index contributed by atoms with van der Waals surface area (Å²) in [6.45, 7) is 5.80. The topological polar surface area (TPSA) is 112 Å². The Morgan fingerprint density at radius 2 is 1.80 bits per heavy atom. The van der Waals surface area contributed by atoms with E-state index in [1.54, 1.807) is 25.9 Å². The SMILES string of the molecule is CO[C@@H]1[C@H]2OC(C)(C)O[C@H]2O[C@@H]1[C@H](CC(N)=O)N(Cc1ccccc1)C(=O)Nc1ccc(C)cc1. The second-order valence-electron chi connectivity index (χ2n) is 9.42. The number of hydrogen-bond acceptors (Lipinski definition) is 6. The molecule has 0 aromatic heterocycles. The van der Waals surface area contributed by atoms with E-state index in [0.29, 0.717) is 5.69 Å². The van der Waals surface area contributed by atoms with Crippen LogP contribution in [0.3, 0.4) is 0 Å². The van der Waals surface area contributed by atoms with Gasteiger partial charge in [0.05, 0.1) is 6.04 Å². The number of carbonyl (C=O) groups excluding carboxylic acids is 2. The van der Waals surface area contributed by atoms with Crippen LogP contribution in [-0.2, 0) is 30.3 Å². The number of hydrogen-bond donors (Lipinski definition) is 2. The standard InChI is InChI=1S/C26H33N3O6/c1-16-10-12-18(13-11-16)28-25(31)29(15-17-8-6-5-7-9-17)19(14-20(27)30)21-22(32-4)23-24(33-21)35-26(2,3)34-23/h5-13,19,21-24H,14-15H2,1-4H3,(H2,27,30)(H,28,31)/t19-,21+,22-,23+,24+/m0/s1. The fraction of sp³-hybridized carbons (Fsp3) is 0.462. The average molecular weight is 484 g/mol. The van der Waals surface area contributed by atoms with Gasteiger partial charge in [-0.05, 0) is 38.5 Å². The summed E-state index contributed by atoms with van der Waals surface area (Å²) < 4.78 is 23.9. The van der Waals surface area contributed by atoms with Gasteiger partial charge in [-0.25, -0.2) is 4.79 Å². The third-order valence-electron chi connectivity index (χ3n) is 6.25. The van der Waals surface area contributed by atoms with Crippen LogP contribution >= 0.6 is 0 Å². The number of fused-ring (bicyclic) bond motifs is 1. The largest absolute Gasteiger partial charge is 0.376 e. The predicted octanol–water partition coefficient (Wildman–Crippen LogP) is 3.16. The first-order chi connectivity index (χ1) is 16.7. The summed E-state index contributed by atoms with van der Waals surface area (Å²) >= 11 is 0. The highest BCUT2D eigenvalue weighted by Gasteiger charge is 2.58. The van der Waals surface area contributed by atoms with Crippen LogP contribution in [0.15, 0.2) is 54.6 Å². The van der Waals surface area contributed by atoms with Crippen molar-refractivity contribution in [3.8, 4) is 0 Å². The van der Waals surface area contributed by atoms with Gasteiger partial charge in [-0.1, -0.05) is 48.0 Å². The first-order valence-electron chi connectivity index (χ1n) is 11.7. The Kier molecular flexibility index (Phi) is 7.42. The lowest BCUT2D eigenvalue weighted by atomic mass is 9.98. The second kappa shape index (κ2) is 10.3. The Hall–Kier alpha value is -2.98. The summed E-state index contributed by atoms with van der Waals surface area (Å²) in [5.41, 5.74) is 8.25. The number of nitrogens with one attached hydrogen (secondary N) is 1. The van der Waals surface area contributed by atoms with E-state index in [4.69, 9.17) is 24.7 Å². The third kappa shape index (κ3) is 5.82. The van der Waals surface area contributed by atoms with Gasteiger partial charge in [0.15, 0.2) is 12.1 Å². The van der Waals surface area contributed by atoms with E-state index in [9.17, 15) is 9.59 Å². The van der Waals surface area contributed by atoms with Crippen molar-refractivity contribution in [1.29, 1.82) is 0 Å². The highest BCUT2D eigenvalue weighted by atomic mass is 16.8. The number of rotatable bonds is 8. The maximum atomic E-state index is 13.6. The predicted molar refractivity (Wildman–Crippen MR) is 129 cm³/mol. The first kappa shape index (κ1) is 25.1. The normalized spacial score (nSPS) is 25.6. The fourth-order valence-corrected chi connectivity index (χ4v) is 4.64. The molecule has 3 amide bonds. The maximum Gasteiger partial charge on any atom is 0.322 e. The molecule has 0 radical (unpaired) electrons. The zero-order chi connectivity index (χ0) is 25.2. The Morgan fingerprint density at radius 3 is 2.43 bits per heavy atom. The number of ether oxygens (including phenoxy) is 4. The first-order valence-corrected chi connectivity index (χ1v) is 11.7. The maximum absolute atomic E-state index is 13.6. The van der Waals surface area contributed by atoms with Crippen LogP contribution < -0.4 is 11.1 Å². The number of anilines is 1. The zero-order valence-corrected chi connectivity index (χ0v) is 20.5. The lowest BCUT2D eigenvalue weighted by Gasteiger charge is -2.37. The molecule has 2 aromatic rings. The molecule has 2 fully saturated rings. The van der Waals surface area contributed by atoms with Crippen molar-refractivity contribution in [2.75, 3.05) is 12.4 Å². The minimum Gasteiger partial charge on any atom is -0.376 e. The van der Waals surface area contributed by atoms with Gasteiger partial charge in [0.2, 0.25) is 5.91 Å². The van der Waals surface area contributed by atoms with Crippen molar-refractivity contribution in [2.24, 2.45) is 5.73 Å². The van der Waals surface area contributed by atoms with Crippen LogP contribution in [0, 0.1) is 6.92 Å². The van der Waals surface area contributed by atoms with Crippen molar-refractivity contribution in [2.45, 2.75) is 70.2 Å². The van der Waals surface area contributed by atoms with E-state index in [-0.39, 0.29) is 19.0 Å². The molecule has 3 N–H and O–H groups in total. The minimum atomic E-state index is -0.831. The van der Waals surface area contributed by atoms with Crippen molar-refractivity contribution in [3.63, 3.8) is 0 Å². The van der Waals surface area contributed by atoms with E-state index in [2.05, 4.69) is 5.32 Å². The van der Waals surface area contributed by atoms with E-state index in [0.717, 1.165) is 11.1 Å². The molecule has 2 heterocycles. The van der Waals surface area contributed by atoms with Crippen molar-refractivity contribution < 1.29 is 28.5 Å². The molecule has 35 heavy (non-hydrogen) atoms. The number of nitrogens with zero attached hydrogens (tertiary/aromatic N) is 1. The minimum absolute atomic E-state index is 0.124. The highest BCUT2D eigenvalue weighted by molar-refractivity contribution is 5.90. The van der Waals surface area contributed by atoms with Crippen molar-refractivity contribution >= 4 is 17.6 Å². The Balaban J connectivity index is 1.66. The van der Waals surface area contributed by atoms with Gasteiger partial charge >= 0.3 is 6.03 Å². The number of methoxy groups -OCH3 is 1. The average Bonchev–Trinajstić information content (AvgIpc) is 3.29. The van der Waals surface area contributed by atoms with Gasteiger partial charge in [-0.3, -0.25) is 4.79 Å². The molecule has 0 bridgehead atoms. The summed E-state index contributed by atoms with van der Waals surface area (Å²) in [5, 5.41) is 2.94. The van der Waals surface area contributed by atoms with Crippen LogP contribution in [0.4, 0.5) is 10.5 Å².